The average Bonchev–Trinajstić information content (AvgIpc) is 2.97. The van der Waals surface area contributed by atoms with Crippen LogP contribution < -0.4 is 9.47 Å². The molecule has 1 aliphatic heterocycles. The molecule has 0 saturated heterocycles. The van der Waals surface area contributed by atoms with E-state index in [2.05, 4.69) is 0 Å². The number of hydrogen-bond acceptors (Lipinski definition) is 4. The van der Waals surface area contributed by atoms with Crippen LogP contribution in [0.1, 0.15) is 31.8 Å². The van der Waals surface area contributed by atoms with Gasteiger partial charge in [-0.1, -0.05) is 41.9 Å². The maximum Gasteiger partial charge on any atom is 0.343 e. The van der Waals surface area contributed by atoms with Crippen molar-refractivity contribution in [2.75, 3.05) is 0 Å². The Morgan fingerprint density at radius 3 is 2.64 bits per heavy atom. The predicted molar refractivity (Wildman–Crippen MR) is 107 cm³/mol. The van der Waals surface area contributed by atoms with Crippen molar-refractivity contribution >= 4 is 29.4 Å². The lowest BCUT2D eigenvalue weighted by Crippen LogP contribution is -2.10. The lowest BCUT2D eigenvalue weighted by molar-refractivity contribution is 0.0733. The summed E-state index contributed by atoms with van der Waals surface area (Å²) >= 11 is 5.98. The minimum Gasteiger partial charge on any atom is -0.452 e. The number of benzene rings is 3. The first-order valence-corrected chi connectivity index (χ1v) is 9.01. The van der Waals surface area contributed by atoms with Gasteiger partial charge in [0, 0.05) is 11.1 Å². The molecule has 0 spiro atoms. The molecule has 0 bridgehead atoms. The number of carbonyl (C=O) groups is 2. The van der Waals surface area contributed by atoms with Crippen molar-refractivity contribution in [2.45, 2.75) is 6.92 Å². The zero-order chi connectivity index (χ0) is 19.7. The Morgan fingerprint density at radius 1 is 1.04 bits per heavy atom. The van der Waals surface area contributed by atoms with Gasteiger partial charge >= 0.3 is 5.97 Å². The summed E-state index contributed by atoms with van der Waals surface area (Å²) in [6.45, 7) is 1.84. The molecule has 4 rings (SSSR count). The summed E-state index contributed by atoms with van der Waals surface area (Å²) in [6, 6.07) is 19.0. The van der Waals surface area contributed by atoms with Crippen molar-refractivity contribution < 1.29 is 19.1 Å². The standard InChI is InChI=1S/C23H15ClO4/c1-14-5-2-3-8-18(14)23(26)27-17-9-10-19-20(13-17)28-21(22(19)25)12-15-6-4-7-16(24)11-15/h2-13H,1H3. The van der Waals surface area contributed by atoms with Gasteiger partial charge in [-0.05, 0) is 54.5 Å². The number of rotatable bonds is 3. The van der Waals surface area contributed by atoms with Crippen molar-refractivity contribution in [1.29, 1.82) is 0 Å². The third kappa shape index (κ3) is 3.55. The zero-order valence-corrected chi connectivity index (χ0v) is 15.7. The Balaban J connectivity index is 1.57. The Labute approximate surface area is 167 Å². The fourth-order valence-electron chi connectivity index (χ4n) is 2.94. The SMILES string of the molecule is Cc1ccccc1C(=O)Oc1ccc2c(c1)OC(=Cc1cccc(Cl)c1)C2=O. The molecule has 3 aromatic rings. The predicted octanol–water partition coefficient (Wildman–Crippen LogP) is 5.48. The molecular weight excluding hydrogens is 376 g/mol. The van der Waals surface area contributed by atoms with Crippen molar-refractivity contribution in [3.63, 3.8) is 0 Å². The van der Waals surface area contributed by atoms with Gasteiger partial charge in [-0.25, -0.2) is 4.79 Å². The monoisotopic (exact) mass is 390 g/mol. The van der Waals surface area contributed by atoms with Crippen LogP contribution in [0.3, 0.4) is 0 Å². The maximum absolute atomic E-state index is 12.6. The second kappa shape index (κ2) is 7.33. The molecule has 4 nitrogen and oxygen atoms in total. The number of carbonyl (C=O) groups excluding carboxylic acids is 2. The largest absolute Gasteiger partial charge is 0.452 e. The molecule has 1 heterocycles. The lowest BCUT2D eigenvalue weighted by Gasteiger charge is -2.07. The lowest BCUT2D eigenvalue weighted by atomic mass is 10.1. The average molecular weight is 391 g/mol. The van der Waals surface area contributed by atoms with Gasteiger partial charge in [0.25, 0.3) is 0 Å². The fraction of sp³-hybridized carbons (Fsp3) is 0.0435. The second-order valence-electron chi connectivity index (χ2n) is 6.36. The first kappa shape index (κ1) is 18.0. The van der Waals surface area contributed by atoms with Crippen molar-refractivity contribution in [2.24, 2.45) is 0 Å². The first-order chi connectivity index (χ1) is 13.5. The van der Waals surface area contributed by atoms with E-state index in [0.29, 0.717) is 27.6 Å². The number of allylic oxidation sites excluding steroid dienone is 1. The molecule has 0 saturated carbocycles. The van der Waals surface area contributed by atoms with E-state index in [-0.39, 0.29) is 11.5 Å². The van der Waals surface area contributed by atoms with E-state index in [4.69, 9.17) is 21.1 Å². The molecular formula is C23H15ClO4. The Kier molecular flexibility index (Phi) is 4.72. The van der Waals surface area contributed by atoms with Gasteiger partial charge in [0.15, 0.2) is 5.76 Å². The highest BCUT2D eigenvalue weighted by molar-refractivity contribution is 6.30. The van der Waals surface area contributed by atoms with Crippen molar-refractivity contribution in [3.05, 3.63) is 99.8 Å². The molecule has 28 heavy (non-hydrogen) atoms. The van der Waals surface area contributed by atoms with E-state index in [0.717, 1.165) is 11.1 Å². The number of fused-ring (bicyclic) bond motifs is 1. The van der Waals surface area contributed by atoms with Crippen LogP contribution in [0.5, 0.6) is 11.5 Å². The highest BCUT2D eigenvalue weighted by Crippen LogP contribution is 2.35. The second-order valence-corrected chi connectivity index (χ2v) is 6.79. The smallest absolute Gasteiger partial charge is 0.343 e. The molecule has 0 unspecified atom stereocenters. The first-order valence-electron chi connectivity index (χ1n) is 8.63. The normalized spacial score (nSPS) is 13.9. The number of aryl methyl sites for hydroxylation is 1. The third-order valence-electron chi connectivity index (χ3n) is 4.36. The number of ketones is 1. The molecule has 1 aliphatic rings. The van der Waals surface area contributed by atoms with Crippen LogP contribution in [0, 0.1) is 6.92 Å². The van der Waals surface area contributed by atoms with Gasteiger partial charge in [0.1, 0.15) is 11.5 Å². The van der Waals surface area contributed by atoms with Gasteiger partial charge in [0.2, 0.25) is 5.78 Å². The quantitative estimate of drug-likeness (QED) is 0.337. The molecule has 0 radical (unpaired) electrons. The molecule has 3 aromatic carbocycles. The van der Waals surface area contributed by atoms with E-state index in [1.807, 2.05) is 25.1 Å². The zero-order valence-electron chi connectivity index (χ0n) is 14.9. The van der Waals surface area contributed by atoms with Gasteiger partial charge in [0.05, 0.1) is 11.1 Å². The van der Waals surface area contributed by atoms with Gasteiger partial charge in [-0.3, -0.25) is 4.79 Å². The fourth-order valence-corrected chi connectivity index (χ4v) is 3.14. The van der Waals surface area contributed by atoms with Crippen LogP contribution in [-0.4, -0.2) is 11.8 Å². The molecule has 0 aromatic heterocycles. The molecule has 0 N–H and O–H groups in total. The molecule has 0 atom stereocenters. The Hall–Kier alpha value is -3.37. The molecule has 0 fully saturated rings. The topological polar surface area (TPSA) is 52.6 Å². The number of hydrogen-bond donors (Lipinski definition) is 0. The van der Waals surface area contributed by atoms with Gasteiger partial charge < -0.3 is 9.47 Å². The Bertz CT molecular complexity index is 1130. The summed E-state index contributed by atoms with van der Waals surface area (Å²) < 4.78 is 11.1. The third-order valence-corrected chi connectivity index (χ3v) is 4.60. The van der Waals surface area contributed by atoms with Crippen LogP contribution in [0.25, 0.3) is 6.08 Å². The minimum atomic E-state index is -0.461. The minimum absolute atomic E-state index is 0.194. The van der Waals surface area contributed by atoms with Crippen LogP contribution in [0.15, 0.2) is 72.5 Å². The summed E-state index contributed by atoms with van der Waals surface area (Å²) in [6.07, 6.45) is 1.63. The number of Topliss-reactive ketones (excluding diaryl/α,β-unsaturated/α-hetero) is 1. The molecule has 5 heteroatoms. The Morgan fingerprint density at radius 2 is 1.86 bits per heavy atom. The molecule has 0 aliphatic carbocycles. The van der Waals surface area contributed by atoms with E-state index in [9.17, 15) is 9.59 Å². The highest BCUT2D eigenvalue weighted by Gasteiger charge is 2.28. The highest BCUT2D eigenvalue weighted by atomic mass is 35.5. The van der Waals surface area contributed by atoms with E-state index < -0.39 is 5.97 Å². The van der Waals surface area contributed by atoms with Crippen molar-refractivity contribution in [3.8, 4) is 11.5 Å². The summed E-state index contributed by atoms with van der Waals surface area (Å²) in [5, 5.41) is 0.572. The maximum atomic E-state index is 12.6. The molecule has 138 valence electrons. The van der Waals surface area contributed by atoms with E-state index in [1.54, 1.807) is 54.6 Å². The van der Waals surface area contributed by atoms with Crippen molar-refractivity contribution in [1.82, 2.24) is 0 Å². The number of ether oxygens (including phenoxy) is 2. The van der Waals surface area contributed by atoms with E-state index in [1.165, 1.54) is 0 Å². The summed E-state index contributed by atoms with van der Waals surface area (Å²) in [5.74, 6) is 0.167. The van der Waals surface area contributed by atoms with Gasteiger partial charge in [-0.15, -0.1) is 0 Å². The van der Waals surface area contributed by atoms with E-state index >= 15 is 0 Å². The van der Waals surface area contributed by atoms with Crippen LogP contribution >= 0.6 is 11.6 Å². The molecule has 0 amide bonds. The summed E-state index contributed by atoms with van der Waals surface area (Å²) in [5.41, 5.74) is 2.49. The van der Waals surface area contributed by atoms with Gasteiger partial charge in [-0.2, -0.15) is 0 Å². The number of esters is 1. The van der Waals surface area contributed by atoms with Crippen LogP contribution in [-0.2, 0) is 0 Å². The summed E-state index contributed by atoms with van der Waals surface area (Å²) in [4.78, 5) is 24.9. The van der Waals surface area contributed by atoms with Crippen LogP contribution in [0.4, 0.5) is 0 Å². The van der Waals surface area contributed by atoms with Crippen LogP contribution in [0.2, 0.25) is 5.02 Å². The number of halogens is 1. The summed E-state index contributed by atoms with van der Waals surface area (Å²) in [7, 11) is 0.